The molecule has 1 saturated heterocycles. The van der Waals surface area contributed by atoms with Gasteiger partial charge in [-0.05, 0) is 60.4 Å². The van der Waals surface area contributed by atoms with E-state index in [0.717, 1.165) is 30.5 Å². The Balaban J connectivity index is 1.26. The number of hydrogen-bond donors (Lipinski definition) is 2. The Bertz CT molecular complexity index is 1200. The molecule has 10 heteroatoms. The molecule has 0 radical (unpaired) electrons. The summed E-state index contributed by atoms with van der Waals surface area (Å²) in [6.45, 7) is 1.06. The molecule has 1 saturated carbocycles. The highest BCUT2D eigenvalue weighted by Gasteiger charge is 2.47. The van der Waals surface area contributed by atoms with E-state index in [2.05, 4.69) is 10.6 Å². The summed E-state index contributed by atoms with van der Waals surface area (Å²) < 4.78 is 66.7. The standard InChI is InChI=1S/C24H26F3N3O3S/c25-24(26,27)18-6-3-7-19(11-18)34(32,33)30-13-17-8-9-21(20(17)14-30)29-23(31)22-10-15-4-1-2-5-16(15)12-28-22/h1-7,11,17,20-22,28H,8-10,12-14H2,(H,29,31)/t17-,20+,21+,22+/m1/s1. The van der Waals surface area contributed by atoms with Gasteiger partial charge in [0.1, 0.15) is 0 Å². The number of nitrogens with one attached hydrogen (secondary N) is 2. The minimum Gasteiger partial charge on any atom is -0.352 e. The molecule has 0 aromatic heterocycles. The van der Waals surface area contributed by atoms with Crippen molar-refractivity contribution in [3.63, 3.8) is 0 Å². The van der Waals surface area contributed by atoms with Crippen molar-refractivity contribution in [1.29, 1.82) is 0 Å². The van der Waals surface area contributed by atoms with E-state index in [1.807, 2.05) is 24.3 Å². The molecule has 3 aliphatic rings. The minimum absolute atomic E-state index is 0.0552. The topological polar surface area (TPSA) is 78.5 Å². The molecule has 2 aromatic carbocycles. The van der Waals surface area contributed by atoms with Crippen molar-refractivity contribution in [2.24, 2.45) is 11.8 Å². The van der Waals surface area contributed by atoms with Crippen molar-refractivity contribution in [3.8, 4) is 0 Å². The van der Waals surface area contributed by atoms with Crippen LogP contribution in [0, 0.1) is 11.8 Å². The van der Waals surface area contributed by atoms with Gasteiger partial charge >= 0.3 is 6.18 Å². The summed E-state index contributed by atoms with van der Waals surface area (Å²) in [4.78, 5) is 12.6. The van der Waals surface area contributed by atoms with Gasteiger partial charge in [-0.15, -0.1) is 0 Å². The van der Waals surface area contributed by atoms with Gasteiger partial charge < -0.3 is 10.6 Å². The molecule has 0 unspecified atom stereocenters. The van der Waals surface area contributed by atoms with Gasteiger partial charge in [0.05, 0.1) is 16.5 Å². The van der Waals surface area contributed by atoms with E-state index >= 15 is 0 Å². The van der Waals surface area contributed by atoms with Crippen molar-refractivity contribution in [2.75, 3.05) is 13.1 Å². The number of amides is 1. The van der Waals surface area contributed by atoms with Crippen LogP contribution >= 0.6 is 0 Å². The monoisotopic (exact) mass is 493 g/mol. The van der Waals surface area contributed by atoms with Crippen LogP contribution < -0.4 is 10.6 Å². The Morgan fingerprint density at radius 2 is 1.79 bits per heavy atom. The lowest BCUT2D eigenvalue weighted by Crippen LogP contribution is -2.51. The number of nitrogens with zero attached hydrogens (tertiary/aromatic N) is 1. The molecule has 0 bridgehead atoms. The van der Waals surface area contributed by atoms with Crippen LogP contribution in [0.3, 0.4) is 0 Å². The lowest BCUT2D eigenvalue weighted by Gasteiger charge is -2.28. The summed E-state index contributed by atoms with van der Waals surface area (Å²) in [5.41, 5.74) is 1.34. The Morgan fingerprint density at radius 3 is 2.56 bits per heavy atom. The Hall–Kier alpha value is -2.43. The molecule has 1 aliphatic carbocycles. The van der Waals surface area contributed by atoms with Gasteiger partial charge in [0, 0.05) is 25.7 Å². The van der Waals surface area contributed by atoms with Gasteiger partial charge in [-0.3, -0.25) is 4.79 Å². The van der Waals surface area contributed by atoms with Crippen molar-refractivity contribution in [2.45, 2.75) is 49.0 Å². The second-order valence-electron chi connectivity index (χ2n) is 9.37. The third kappa shape index (κ3) is 4.34. The van der Waals surface area contributed by atoms with Crippen LogP contribution in [0.1, 0.15) is 29.5 Å². The lowest BCUT2D eigenvalue weighted by molar-refractivity contribution is -0.137. The fourth-order valence-electron chi connectivity index (χ4n) is 5.50. The summed E-state index contributed by atoms with van der Waals surface area (Å²) in [5, 5.41) is 6.39. The van der Waals surface area contributed by atoms with E-state index in [1.165, 1.54) is 15.9 Å². The smallest absolute Gasteiger partial charge is 0.352 e. The van der Waals surface area contributed by atoms with E-state index < -0.39 is 21.8 Å². The number of halogens is 3. The average molecular weight is 494 g/mol. The van der Waals surface area contributed by atoms with E-state index in [1.54, 1.807) is 0 Å². The molecule has 2 aromatic rings. The predicted molar refractivity (Wildman–Crippen MR) is 119 cm³/mol. The minimum atomic E-state index is -4.61. The van der Waals surface area contributed by atoms with Crippen LogP contribution in [-0.4, -0.2) is 43.8 Å². The second kappa shape index (κ2) is 8.66. The molecule has 0 spiro atoms. The molecule has 1 amide bonds. The molecule has 6 nitrogen and oxygen atoms in total. The normalized spacial score (nSPS) is 27.3. The lowest BCUT2D eigenvalue weighted by atomic mass is 9.94. The van der Waals surface area contributed by atoms with Crippen molar-refractivity contribution < 1.29 is 26.4 Å². The van der Waals surface area contributed by atoms with Crippen LogP contribution in [-0.2, 0) is 34.0 Å². The number of benzene rings is 2. The van der Waals surface area contributed by atoms with E-state index in [4.69, 9.17) is 0 Å². The Kier molecular flexibility index (Phi) is 5.94. The Labute approximate surface area is 196 Å². The molecule has 2 fully saturated rings. The van der Waals surface area contributed by atoms with E-state index in [9.17, 15) is 26.4 Å². The Morgan fingerprint density at radius 1 is 1.03 bits per heavy atom. The fourth-order valence-corrected chi connectivity index (χ4v) is 7.09. The van der Waals surface area contributed by atoms with Gasteiger partial charge in [0.25, 0.3) is 0 Å². The van der Waals surface area contributed by atoms with Crippen LogP contribution in [0.5, 0.6) is 0 Å². The average Bonchev–Trinajstić information content (AvgIpc) is 3.41. The summed E-state index contributed by atoms with van der Waals surface area (Å²) in [6, 6.07) is 11.4. The molecule has 2 N–H and O–H groups in total. The van der Waals surface area contributed by atoms with Crippen LogP contribution in [0.2, 0.25) is 0 Å². The zero-order valence-electron chi connectivity index (χ0n) is 18.4. The second-order valence-corrected chi connectivity index (χ2v) is 11.3. The van der Waals surface area contributed by atoms with Gasteiger partial charge in [0.2, 0.25) is 15.9 Å². The number of alkyl halides is 3. The van der Waals surface area contributed by atoms with Crippen LogP contribution in [0.4, 0.5) is 13.2 Å². The summed E-state index contributed by atoms with van der Waals surface area (Å²) in [6.07, 6.45) is -2.48. The SMILES string of the molecule is O=C(N[C@H]1CC[C@@H]2CN(S(=O)(=O)c3cccc(C(F)(F)F)c3)C[C@@H]21)[C@@H]1Cc2ccccc2CN1. The van der Waals surface area contributed by atoms with Gasteiger partial charge in [-0.1, -0.05) is 30.3 Å². The molecular weight excluding hydrogens is 467 g/mol. The molecule has 4 atom stereocenters. The predicted octanol–water partition coefficient (Wildman–Crippen LogP) is 2.94. The van der Waals surface area contributed by atoms with Gasteiger partial charge in [-0.2, -0.15) is 17.5 Å². The highest BCUT2D eigenvalue weighted by molar-refractivity contribution is 7.89. The first kappa shape index (κ1) is 23.3. The quantitative estimate of drug-likeness (QED) is 0.687. The van der Waals surface area contributed by atoms with Crippen molar-refractivity contribution >= 4 is 15.9 Å². The van der Waals surface area contributed by atoms with Crippen molar-refractivity contribution in [1.82, 2.24) is 14.9 Å². The van der Waals surface area contributed by atoms with E-state index in [0.29, 0.717) is 19.0 Å². The highest BCUT2D eigenvalue weighted by atomic mass is 32.2. The first-order valence-corrected chi connectivity index (χ1v) is 12.8. The number of rotatable bonds is 4. The van der Waals surface area contributed by atoms with Gasteiger partial charge in [-0.25, -0.2) is 8.42 Å². The maximum atomic E-state index is 13.1. The summed E-state index contributed by atoms with van der Waals surface area (Å²) in [5.74, 6) is -0.0781. The molecule has 2 aliphatic heterocycles. The number of fused-ring (bicyclic) bond motifs is 2. The molecule has 182 valence electrons. The maximum absolute atomic E-state index is 13.1. The zero-order valence-corrected chi connectivity index (χ0v) is 19.2. The zero-order chi connectivity index (χ0) is 24.1. The number of carbonyl (C=O) groups is 1. The first-order valence-electron chi connectivity index (χ1n) is 11.4. The van der Waals surface area contributed by atoms with Crippen molar-refractivity contribution in [3.05, 3.63) is 65.2 Å². The largest absolute Gasteiger partial charge is 0.416 e. The summed E-state index contributed by atoms with van der Waals surface area (Å²) >= 11 is 0. The summed E-state index contributed by atoms with van der Waals surface area (Å²) in [7, 11) is -4.06. The number of sulfonamides is 1. The van der Waals surface area contributed by atoms with Crippen LogP contribution in [0.15, 0.2) is 53.4 Å². The molecule has 2 heterocycles. The third-order valence-corrected chi connectivity index (χ3v) is 9.18. The molecule has 34 heavy (non-hydrogen) atoms. The molecule has 5 rings (SSSR count). The first-order chi connectivity index (χ1) is 16.1. The number of hydrogen-bond acceptors (Lipinski definition) is 4. The maximum Gasteiger partial charge on any atom is 0.416 e. The van der Waals surface area contributed by atoms with E-state index in [-0.39, 0.29) is 47.8 Å². The highest BCUT2D eigenvalue weighted by Crippen LogP contribution is 2.41. The molecular formula is C24H26F3N3O3S. The third-order valence-electron chi connectivity index (χ3n) is 7.35. The van der Waals surface area contributed by atoms with Gasteiger partial charge in [0.15, 0.2) is 0 Å². The number of carbonyl (C=O) groups excluding carboxylic acids is 1. The van der Waals surface area contributed by atoms with Crippen LogP contribution in [0.25, 0.3) is 0 Å². The fraction of sp³-hybridized carbons (Fsp3) is 0.458.